The van der Waals surface area contributed by atoms with Gasteiger partial charge < -0.3 is 14.8 Å². The lowest BCUT2D eigenvalue weighted by Gasteiger charge is -2.14. The molecule has 0 unspecified atom stereocenters. The van der Waals surface area contributed by atoms with E-state index in [0.29, 0.717) is 10.8 Å². The summed E-state index contributed by atoms with van der Waals surface area (Å²) in [5.74, 6) is -0.321. The first-order valence-electron chi connectivity index (χ1n) is 7.43. The zero-order chi connectivity index (χ0) is 17.4. The lowest BCUT2D eigenvalue weighted by molar-refractivity contribution is -0.148. The van der Waals surface area contributed by atoms with Gasteiger partial charge in [-0.25, -0.2) is 4.79 Å². The number of halogens is 1. The molecule has 0 saturated carbocycles. The Balaban J connectivity index is 1.72. The van der Waals surface area contributed by atoms with Gasteiger partial charge in [0, 0.05) is 5.02 Å². The van der Waals surface area contributed by atoms with Crippen LogP contribution in [0.4, 0.5) is 0 Å². The van der Waals surface area contributed by atoms with Gasteiger partial charge in [-0.1, -0.05) is 41.9 Å². The Labute approximate surface area is 145 Å². The number of hydrogen-bond donors (Lipinski definition) is 1. The van der Waals surface area contributed by atoms with Crippen LogP contribution in [0.2, 0.25) is 5.02 Å². The average Bonchev–Trinajstić information content (AvgIpc) is 2.60. The Morgan fingerprint density at radius 1 is 1.08 bits per heavy atom. The van der Waals surface area contributed by atoms with Crippen molar-refractivity contribution in [1.29, 1.82) is 0 Å². The highest BCUT2D eigenvalue weighted by Crippen LogP contribution is 2.10. The summed E-state index contributed by atoms with van der Waals surface area (Å²) >= 11 is 5.79. The topological polar surface area (TPSA) is 64.6 Å². The predicted octanol–water partition coefficient (Wildman–Crippen LogP) is 2.97. The second-order valence-electron chi connectivity index (χ2n) is 5.13. The van der Waals surface area contributed by atoms with Crippen molar-refractivity contribution in [3.8, 4) is 5.75 Å². The van der Waals surface area contributed by atoms with Gasteiger partial charge in [0.1, 0.15) is 18.4 Å². The van der Waals surface area contributed by atoms with Gasteiger partial charge in [0.25, 0.3) is 5.91 Å². The van der Waals surface area contributed by atoms with Crippen LogP contribution in [0.25, 0.3) is 0 Å². The van der Waals surface area contributed by atoms with Gasteiger partial charge in [-0.05, 0) is 36.8 Å². The van der Waals surface area contributed by atoms with Crippen LogP contribution in [-0.4, -0.2) is 24.5 Å². The van der Waals surface area contributed by atoms with E-state index in [1.807, 2.05) is 18.2 Å². The van der Waals surface area contributed by atoms with E-state index in [9.17, 15) is 9.59 Å². The number of carbonyl (C=O) groups excluding carboxylic acids is 2. The van der Waals surface area contributed by atoms with Gasteiger partial charge in [0.15, 0.2) is 6.61 Å². The molecule has 0 aromatic heterocycles. The number of ether oxygens (including phenoxy) is 2. The Hall–Kier alpha value is -2.53. The molecule has 0 heterocycles. The fourth-order valence-electron chi connectivity index (χ4n) is 1.87. The normalized spacial score (nSPS) is 11.4. The van der Waals surface area contributed by atoms with E-state index in [1.54, 1.807) is 43.3 Å². The summed E-state index contributed by atoms with van der Waals surface area (Å²) in [5, 5.41) is 3.15. The molecule has 6 heteroatoms. The Kier molecular flexibility index (Phi) is 6.63. The molecule has 1 atom stereocenters. The number of esters is 1. The van der Waals surface area contributed by atoms with Crippen LogP contribution in [-0.2, 0) is 20.9 Å². The maximum Gasteiger partial charge on any atom is 0.328 e. The average molecular weight is 348 g/mol. The number of nitrogens with one attached hydrogen (secondary N) is 1. The summed E-state index contributed by atoms with van der Waals surface area (Å²) in [7, 11) is 0. The highest BCUT2D eigenvalue weighted by atomic mass is 35.5. The number of para-hydroxylation sites is 1. The van der Waals surface area contributed by atoms with E-state index in [4.69, 9.17) is 21.1 Å². The molecule has 2 rings (SSSR count). The Bertz CT molecular complexity index is 673. The maximum absolute atomic E-state index is 11.9. The minimum atomic E-state index is -0.760. The smallest absolute Gasteiger partial charge is 0.328 e. The SMILES string of the molecule is C[C@H](NC(=O)COc1ccccc1)C(=O)OCc1ccc(Cl)cc1. The molecule has 2 aromatic rings. The molecule has 1 amide bonds. The van der Waals surface area contributed by atoms with E-state index in [0.717, 1.165) is 5.56 Å². The van der Waals surface area contributed by atoms with Crippen molar-refractivity contribution in [2.45, 2.75) is 19.6 Å². The van der Waals surface area contributed by atoms with Gasteiger partial charge in [-0.3, -0.25) is 4.79 Å². The highest BCUT2D eigenvalue weighted by Gasteiger charge is 2.17. The summed E-state index contributed by atoms with van der Waals surface area (Å²) in [6.45, 7) is 1.51. The minimum absolute atomic E-state index is 0.122. The molecule has 1 N–H and O–H groups in total. The largest absolute Gasteiger partial charge is 0.484 e. The van der Waals surface area contributed by atoms with Gasteiger partial charge in [0.2, 0.25) is 0 Å². The number of amides is 1. The molecule has 2 aromatic carbocycles. The third kappa shape index (κ3) is 5.93. The summed E-state index contributed by atoms with van der Waals surface area (Å²) in [4.78, 5) is 23.7. The van der Waals surface area contributed by atoms with Crippen molar-refractivity contribution in [2.24, 2.45) is 0 Å². The monoisotopic (exact) mass is 347 g/mol. The third-order valence-corrected chi connectivity index (χ3v) is 3.39. The van der Waals surface area contributed by atoms with Gasteiger partial charge >= 0.3 is 5.97 Å². The number of benzene rings is 2. The fourth-order valence-corrected chi connectivity index (χ4v) is 1.99. The first-order valence-corrected chi connectivity index (χ1v) is 7.80. The summed E-state index contributed by atoms with van der Waals surface area (Å²) < 4.78 is 10.5. The molecule has 126 valence electrons. The number of hydrogen-bond acceptors (Lipinski definition) is 4. The van der Waals surface area contributed by atoms with Crippen LogP contribution in [0, 0.1) is 0 Å². The molecule has 24 heavy (non-hydrogen) atoms. The van der Waals surface area contributed by atoms with Crippen molar-refractivity contribution in [3.05, 3.63) is 65.2 Å². The van der Waals surface area contributed by atoms with E-state index < -0.39 is 17.9 Å². The summed E-state index contributed by atoms with van der Waals surface area (Å²) in [6, 6.07) is 15.2. The molecular weight excluding hydrogens is 330 g/mol. The Morgan fingerprint density at radius 2 is 1.75 bits per heavy atom. The summed E-state index contributed by atoms with van der Waals surface area (Å²) in [6.07, 6.45) is 0. The lowest BCUT2D eigenvalue weighted by atomic mass is 10.2. The molecule has 0 aliphatic rings. The maximum atomic E-state index is 11.9. The van der Waals surface area contributed by atoms with Crippen molar-refractivity contribution in [1.82, 2.24) is 5.32 Å². The fraction of sp³-hybridized carbons (Fsp3) is 0.222. The van der Waals surface area contributed by atoms with E-state index in [1.165, 1.54) is 0 Å². The van der Waals surface area contributed by atoms with Crippen LogP contribution in [0.3, 0.4) is 0 Å². The molecule has 0 aliphatic carbocycles. The van der Waals surface area contributed by atoms with Crippen molar-refractivity contribution < 1.29 is 19.1 Å². The van der Waals surface area contributed by atoms with Crippen LogP contribution in [0.1, 0.15) is 12.5 Å². The molecular formula is C18H18ClNO4. The number of rotatable bonds is 7. The second kappa shape index (κ2) is 8.93. The van der Waals surface area contributed by atoms with Gasteiger partial charge in [-0.2, -0.15) is 0 Å². The van der Waals surface area contributed by atoms with Crippen molar-refractivity contribution >= 4 is 23.5 Å². The molecule has 0 saturated heterocycles. The minimum Gasteiger partial charge on any atom is -0.484 e. The number of carbonyl (C=O) groups is 2. The quantitative estimate of drug-likeness (QED) is 0.782. The van der Waals surface area contributed by atoms with Crippen LogP contribution in [0.15, 0.2) is 54.6 Å². The van der Waals surface area contributed by atoms with Crippen molar-refractivity contribution in [3.63, 3.8) is 0 Å². The molecule has 5 nitrogen and oxygen atoms in total. The zero-order valence-electron chi connectivity index (χ0n) is 13.2. The van der Waals surface area contributed by atoms with Crippen molar-refractivity contribution in [2.75, 3.05) is 6.61 Å². The second-order valence-corrected chi connectivity index (χ2v) is 5.56. The summed E-state index contributed by atoms with van der Waals surface area (Å²) in [5.41, 5.74) is 0.818. The molecule has 0 radical (unpaired) electrons. The van der Waals surface area contributed by atoms with E-state index >= 15 is 0 Å². The molecule has 0 fully saturated rings. The Morgan fingerprint density at radius 3 is 2.42 bits per heavy atom. The standard InChI is InChI=1S/C18H18ClNO4/c1-13(18(22)24-11-14-7-9-15(19)10-8-14)20-17(21)12-23-16-5-3-2-4-6-16/h2-10,13H,11-12H2,1H3,(H,20,21)/t13-/m0/s1. The first kappa shape index (κ1) is 17.8. The molecule has 0 aliphatic heterocycles. The molecule has 0 spiro atoms. The lowest BCUT2D eigenvalue weighted by Crippen LogP contribution is -2.41. The zero-order valence-corrected chi connectivity index (χ0v) is 14.0. The third-order valence-electron chi connectivity index (χ3n) is 3.14. The van der Waals surface area contributed by atoms with Gasteiger partial charge in [-0.15, -0.1) is 0 Å². The van der Waals surface area contributed by atoms with E-state index in [2.05, 4.69) is 5.32 Å². The van der Waals surface area contributed by atoms with Crippen LogP contribution >= 0.6 is 11.6 Å². The van der Waals surface area contributed by atoms with E-state index in [-0.39, 0.29) is 13.2 Å². The van der Waals surface area contributed by atoms with Crippen LogP contribution in [0.5, 0.6) is 5.75 Å². The molecule has 0 bridgehead atoms. The first-order chi connectivity index (χ1) is 11.5. The highest BCUT2D eigenvalue weighted by molar-refractivity contribution is 6.30. The van der Waals surface area contributed by atoms with Gasteiger partial charge in [0.05, 0.1) is 0 Å². The van der Waals surface area contributed by atoms with Crippen LogP contribution < -0.4 is 10.1 Å². The predicted molar refractivity (Wildman–Crippen MR) is 90.8 cm³/mol.